The van der Waals surface area contributed by atoms with Crippen LogP contribution in [0, 0.1) is 0 Å². The van der Waals surface area contributed by atoms with Gasteiger partial charge in [-0.1, -0.05) is 6.92 Å². The molecule has 1 aliphatic heterocycles. The van der Waals surface area contributed by atoms with Gasteiger partial charge >= 0.3 is 0 Å². The van der Waals surface area contributed by atoms with E-state index in [2.05, 4.69) is 43.2 Å². The predicted molar refractivity (Wildman–Crippen MR) is 86.3 cm³/mol. The highest BCUT2D eigenvalue weighted by molar-refractivity contribution is 5.48. The molecule has 0 saturated carbocycles. The van der Waals surface area contributed by atoms with Gasteiger partial charge in [-0.15, -0.1) is 0 Å². The summed E-state index contributed by atoms with van der Waals surface area (Å²) in [5, 5.41) is 3.49. The average Bonchev–Trinajstić information content (AvgIpc) is 2.82. The number of benzene rings is 1. The van der Waals surface area contributed by atoms with Crippen LogP contribution >= 0.6 is 0 Å². The molecule has 0 amide bonds. The zero-order valence-electron chi connectivity index (χ0n) is 13.7. The van der Waals surface area contributed by atoms with Crippen LogP contribution in [0.4, 0.5) is 0 Å². The van der Waals surface area contributed by atoms with Gasteiger partial charge in [-0.05, 0) is 39.6 Å². The minimum absolute atomic E-state index is 0.274. The molecular formula is C17H28N2O2. The van der Waals surface area contributed by atoms with Crippen LogP contribution in [0.15, 0.2) is 12.1 Å². The second-order valence-corrected chi connectivity index (χ2v) is 5.71. The monoisotopic (exact) mass is 292 g/mol. The molecule has 0 saturated heterocycles. The molecule has 1 aromatic carbocycles. The topological polar surface area (TPSA) is 33.7 Å². The summed E-state index contributed by atoms with van der Waals surface area (Å²) >= 11 is 0. The van der Waals surface area contributed by atoms with E-state index in [1.165, 1.54) is 11.1 Å². The Morgan fingerprint density at radius 3 is 2.90 bits per heavy atom. The summed E-state index contributed by atoms with van der Waals surface area (Å²) in [4.78, 5) is 2.30. The van der Waals surface area contributed by atoms with Crippen LogP contribution < -0.4 is 14.8 Å². The van der Waals surface area contributed by atoms with Crippen LogP contribution in [0.3, 0.4) is 0 Å². The maximum atomic E-state index is 5.85. The number of likely N-dealkylation sites (N-methyl/N-ethyl adjacent to an activating group) is 1. The van der Waals surface area contributed by atoms with E-state index < -0.39 is 0 Å². The van der Waals surface area contributed by atoms with Gasteiger partial charge in [-0.3, -0.25) is 0 Å². The van der Waals surface area contributed by atoms with Crippen molar-refractivity contribution in [2.45, 2.75) is 39.8 Å². The largest absolute Gasteiger partial charge is 0.494 e. The lowest BCUT2D eigenvalue weighted by Crippen LogP contribution is -2.28. The lowest BCUT2D eigenvalue weighted by molar-refractivity contribution is 0.254. The molecule has 0 radical (unpaired) electrons. The second kappa shape index (κ2) is 7.66. The number of fused-ring (bicyclic) bond motifs is 1. The number of nitrogens with zero attached hydrogens (tertiary/aromatic N) is 1. The molecule has 21 heavy (non-hydrogen) atoms. The summed E-state index contributed by atoms with van der Waals surface area (Å²) in [6.07, 6.45) is 1.25. The van der Waals surface area contributed by atoms with Crippen molar-refractivity contribution in [2.24, 2.45) is 0 Å². The number of hydrogen-bond acceptors (Lipinski definition) is 4. The fourth-order valence-corrected chi connectivity index (χ4v) is 2.56. The Bertz CT molecular complexity index is 462. The molecule has 118 valence electrons. The van der Waals surface area contributed by atoms with E-state index in [0.717, 1.165) is 44.1 Å². The quantitative estimate of drug-likeness (QED) is 0.746. The molecular weight excluding hydrogens is 264 g/mol. The van der Waals surface area contributed by atoms with Crippen molar-refractivity contribution in [3.8, 4) is 11.5 Å². The van der Waals surface area contributed by atoms with Crippen LogP contribution in [0.25, 0.3) is 0 Å². The summed E-state index contributed by atoms with van der Waals surface area (Å²) in [5.74, 6) is 2.01. The first-order valence-corrected chi connectivity index (χ1v) is 7.98. The summed E-state index contributed by atoms with van der Waals surface area (Å²) < 4.78 is 11.6. The minimum Gasteiger partial charge on any atom is -0.494 e. The third-order valence-corrected chi connectivity index (χ3v) is 3.90. The lowest BCUT2D eigenvalue weighted by Gasteiger charge is -2.16. The van der Waals surface area contributed by atoms with E-state index in [4.69, 9.17) is 9.47 Å². The van der Waals surface area contributed by atoms with E-state index in [1.54, 1.807) is 0 Å². The molecule has 1 unspecified atom stereocenters. The van der Waals surface area contributed by atoms with E-state index in [1.807, 2.05) is 6.92 Å². The van der Waals surface area contributed by atoms with Gasteiger partial charge in [0, 0.05) is 37.2 Å². The van der Waals surface area contributed by atoms with Crippen molar-refractivity contribution in [2.75, 3.05) is 33.3 Å². The van der Waals surface area contributed by atoms with Crippen LogP contribution in [0.1, 0.15) is 31.9 Å². The van der Waals surface area contributed by atoms with E-state index >= 15 is 0 Å². The number of nitrogens with one attached hydrogen (secondary N) is 1. The van der Waals surface area contributed by atoms with Crippen molar-refractivity contribution in [1.82, 2.24) is 10.2 Å². The smallest absolute Gasteiger partial charge is 0.124 e. The molecule has 0 spiro atoms. The van der Waals surface area contributed by atoms with Gasteiger partial charge in [0.25, 0.3) is 0 Å². The Balaban J connectivity index is 1.99. The normalized spacial score (nSPS) is 16.9. The molecule has 2 rings (SSSR count). The Morgan fingerprint density at radius 1 is 1.38 bits per heavy atom. The molecule has 1 N–H and O–H groups in total. The van der Waals surface area contributed by atoms with Gasteiger partial charge in [0.2, 0.25) is 0 Å². The second-order valence-electron chi connectivity index (χ2n) is 5.71. The molecule has 4 nitrogen and oxygen atoms in total. The third kappa shape index (κ3) is 4.35. The first-order valence-electron chi connectivity index (χ1n) is 7.98. The first kappa shape index (κ1) is 16.1. The summed E-state index contributed by atoms with van der Waals surface area (Å²) in [6, 6.07) is 4.29. The molecule has 0 fully saturated rings. The minimum atomic E-state index is 0.274. The number of hydrogen-bond donors (Lipinski definition) is 1. The molecule has 1 aliphatic rings. The lowest BCUT2D eigenvalue weighted by atomic mass is 10.1. The Hall–Kier alpha value is -1.26. The summed E-state index contributed by atoms with van der Waals surface area (Å²) in [7, 11) is 2.14. The molecule has 1 atom stereocenters. The first-order chi connectivity index (χ1) is 10.1. The van der Waals surface area contributed by atoms with Crippen molar-refractivity contribution in [3.63, 3.8) is 0 Å². The third-order valence-electron chi connectivity index (χ3n) is 3.90. The fraction of sp³-hybridized carbons (Fsp3) is 0.647. The summed E-state index contributed by atoms with van der Waals surface area (Å²) in [6.45, 7) is 10.9. The van der Waals surface area contributed by atoms with E-state index in [9.17, 15) is 0 Å². The van der Waals surface area contributed by atoms with Gasteiger partial charge in [-0.25, -0.2) is 0 Å². The SMILES string of the molecule is CCOc1cc2c(cc1CNCCN(C)CC)OC(C)C2. The van der Waals surface area contributed by atoms with Crippen LogP contribution in [-0.4, -0.2) is 44.3 Å². The summed E-state index contributed by atoms with van der Waals surface area (Å²) in [5.41, 5.74) is 2.45. The van der Waals surface area contributed by atoms with Crippen molar-refractivity contribution < 1.29 is 9.47 Å². The highest BCUT2D eigenvalue weighted by Gasteiger charge is 2.21. The molecule has 1 heterocycles. The van der Waals surface area contributed by atoms with E-state index in [0.29, 0.717) is 6.61 Å². The van der Waals surface area contributed by atoms with Crippen LogP contribution in [0.2, 0.25) is 0 Å². The Labute approximate surface area is 128 Å². The zero-order chi connectivity index (χ0) is 15.2. The fourth-order valence-electron chi connectivity index (χ4n) is 2.56. The average molecular weight is 292 g/mol. The predicted octanol–water partition coefficient (Wildman–Crippen LogP) is 2.45. The highest BCUT2D eigenvalue weighted by atomic mass is 16.5. The highest BCUT2D eigenvalue weighted by Crippen LogP contribution is 2.35. The maximum Gasteiger partial charge on any atom is 0.124 e. The standard InChI is InChI=1S/C17H28N2O2/c1-5-19(4)8-7-18-12-15-11-17-14(9-13(3)21-17)10-16(15)20-6-2/h10-11,13,18H,5-9,12H2,1-4H3. The molecule has 0 bridgehead atoms. The Morgan fingerprint density at radius 2 is 2.19 bits per heavy atom. The number of ether oxygens (including phenoxy) is 2. The van der Waals surface area contributed by atoms with Crippen molar-refractivity contribution >= 4 is 0 Å². The molecule has 0 aliphatic carbocycles. The van der Waals surface area contributed by atoms with Crippen molar-refractivity contribution in [1.29, 1.82) is 0 Å². The van der Waals surface area contributed by atoms with Gasteiger partial charge < -0.3 is 19.7 Å². The van der Waals surface area contributed by atoms with Crippen LogP contribution in [0.5, 0.6) is 11.5 Å². The van der Waals surface area contributed by atoms with Gasteiger partial charge in [0.1, 0.15) is 17.6 Å². The van der Waals surface area contributed by atoms with Gasteiger partial charge in [0.15, 0.2) is 0 Å². The van der Waals surface area contributed by atoms with Gasteiger partial charge in [0.05, 0.1) is 6.61 Å². The molecule has 1 aromatic rings. The van der Waals surface area contributed by atoms with Crippen LogP contribution in [-0.2, 0) is 13.0 Å². The van der Waals surface area contributed by atoms with Gasteiger partial charge in [-0.2, -0.15) is 0 Å². The Kier molecular flexibility index (Phi) is 5.88. The maximum absolute atomic E-state index is 5.85. The van der Waals surface area contributed by atoms with E-state index in [-0.39, 0.29) is 6.10 Å². The molecule has 0 aromatic heterocycles. The molecule has 4 heteroatoms. The zero-order valence-corrected chi connectivity index (χ0v) is 13.7. The number of rotatable bonds is 8. The van der Waals surface area contributed by atoms with Crippen molar-refractivity contribution in [3.05, 3.63) is 23.3 Å².